The van der Waals surface area contributed by atoms with Gasteiger partial charge in [0.15, 0.2) is 11.5 Å². The van der Waals surface area contributed by atoms with Gasteiger partial charge >= 0.3 is 0 Å². The van der Waals surface area contributed by atoms with E-state index in [1.54, 1.807) is 7.11 Å². The van der Waals surface area contributed by atoms with E-state index in [0.717, 1.165) is 53.2 Å². The van der Waals surface area contributed by atoms with E-state index in [2.05, 4.69) is 46.4 Å². The number of methoxy groups -OCH3 is 1. The molecule has 1 N–H and O–H groups in total. The maximum Gasteiger partial charge on any atom is 0.175 e. The second-order valence-electron chi connectivity index (χ2n) is 5.93. The van der Waals surface area contributed by atoms with Crippen molar-refractivity contribution in [2.45, 2.75) is 33.2 Å². The van der Waals surface area contributed by atoms with Gasteiger partial charge in [0.2, 0.25) is 0 Å². The molecule has 0 amide bonds. The fourth-order valence-electron chi connectivity index (χ4n) is 2.70. The third-order valence-corrected chi connectivity index (χ3v) is 4.50. The summed E-state index contributed by atoms with van der Waals surface area (Å²) in [7, 11) is 1.71. The van der Waals surface area contributed by atoms with E-state index in [-0.39, 0.29) is 0 Å². The van der Waals surface area contributed by atoms with Crippen LogP contribution >= 0.6 is 15.9 Å². The molecule has 0 heterocycles. The molecule has 0 saturated carbocycles. The van der Waals surface area contributed by atoms with Crippen molar-refractivity contribution in [3.05, 3.63) is 52.0 Å². The molecule has 0 unspecified atom stereocenters. The Morgan fingerprint density at radius 1 is 1.04 bits per heavy atom. The van der Waals surface area contributed by atoms with Crippen molar-refractivity contribution in [3.63, 3.8) is 0 Å². The minimum absolute atomic E-state index is 0.611. The number of benzene rings is 2. The predicted molar refractivity (Wildman–Crippen MR) is 110 cm³/mol. The van der Waals surface area contributed by atoms with Crippen molar-refractivity contribution in [3.8, 4) is 17.2 Å². The van der Waals surface area contributed by atoms with Crippen molar-refractivity contribution in [1.29, 1.82) is 0 Å². The number of hydrogen-bond acceptors (Lipinski definition) is 4. The fourth-order valence-corrected chi connectivity index (χ4v) is 3.30. The van der Waals surface area contributed by atoms with E-state index in [1.807, 2.05) is 25.1 Å². The molecule has 26 heavy (non-hydrogen) atoms. The van der Waals surface area contributed by atoms with Crippen LogP contribution in [0.15, 0.2) is 40.9 Å². The summed E-state index contributed by atoms with van der Waals surface area (Å²) < 4.78 is 17.9. The number of rotatable bonds is 11. The van der Waals surface area contributed by atoms with Crippen molar-refractivity contribution >= 4 is 15.9 Å². The number of halogens is 1. The SMILES string of the molecule is CCCOc1c(Br)cc(CNCCc2ccccc2OC)cc1OCC. The van der Waals surface area contributed by atoms with Crippen LogP contribution in [-0.4, -0.2) is 26.9 Å². The largest absolute Gasteiger partial charge is 0.496 e. The molecule has 0 spiro atoms. The van der Waals surface area contributed by atoms with E-state index in [4.69, 9.17) is 14.2 Å². The third-order valence-electron chi connectivity index (χ3n) is 3.91. The number of hydrogen-bond donors (Lipinski definition) is 1. The quantitative estimate of drug-likeness (QED) is 0.519. The molecule has 0 aliphatic carbocycles. The monoisotopic (exact) mass is 421 g/mol. The van der Waals surface area contributed by atoms with Gasteiger partial charge in [0.05, 0.1) is 24.8 Å². The highest BCUT2D eigenvalue weighted by Crippen LogP contribution is 2.37. The lowest BCUT2D eigenvalue weighted by Gasteiger charge is -2.15. The van der Waals surface area contributed by atoms with Gasteiger partial charge < -0.3 is 19.5 Å². The lowest BCUT2D eigenvalue weighted by atomic mass is 10.1. The van der Waals surface area contributed by atoms with E-state index in [1.165, 1.54) is 5.56 Å². The molecule has 142 valence electrons. The first-order valence-corrected chi connectivity index (χ1v) is 9.89. The van der Waals surface area contributed by atoms with Crippen LogP contribution in [0.25, 0.3) is 0 Å². The van der Waals surface area contributed by atoms with E-state index in [9.17, 15) is 0 Å². The average molecular weight is 422 g/mol. The van der Waals surface area contributed by atoms with Crippen molar-refractivity contribution < 1.29 is 14.2 Å². The Morgan fingerprint density at radius 3 is 2.58 bits per heavy atom. The van der Waals surface area contributed by atoms with Gasteiger partial charge in [0, 0.05) is 6.54 Å². The van der Waals surface area contributed by atoms with Crippen LogP contribution in [0.4, 0.5) is 0 Å². The Kier molecular flexibility index (Phi) is 8.78. The summed E-state index contributed by atoms with van der Waals surface area (Å²) in [5.74, 6) is 2.51. The molecule has 0 aliphatic heterocycles. The Bertz CT molecular complexity index is 691. The molecule has 2 aromatic carbocycles. The van der Waals surface area contributed by atoms with Crippen LogP contribution in [-0.2, 0) is 13.0 Å². The Balaban J connectivity index is 1.96. The molecule has 0 saturated heterocycles. The molecule has 2 rings (SSSR count). The molecule has 2 aromatic rings. The molecule has 5 heteroatoms. The van der Waals surface area contributed by atoms with Crippen LogP contribution in [0.3, 0.4) is 0 Å². The molecular formula is C21H28BrNO3. The van der Waals surface area contributed by atoms with Gasteiger partial charge in [0.1, 0.15) is 5.75 Å². The van der Waals surface area contributed by atoms with Gasteiger partial charge in [-0.15, -0.1) is 0 Å². The highest BCUT2D eigenvalue weighted by atomic mass is 79.9. The van der Waals surface area contributed by atoms with Gasteiger partial charge in [-0.3, -0.25) is 0 Å². The minimum atomic E-state index is 0.611. The summed E-state index contributed by atoms with van der Waals surface area (Å²) in [4.78, 5) is 0. The zero-order valence-electron chi connectivity index (χ0n) is 15.8. The second kappa shape index (κ2) is 11.1. The average Bonchev–Trinajstić information content (AvgIpc) is 2.65. The molecule has 0 radical (unpaired) electrons. The summed E-state index contributed by atoms with van der Waals surface area (Å²) in [6.07, 6.45) is 1.88. The summed E-state index contributed by atoms with van der Waals surface area (Å²) in [6.45, 7) is 7.00. The first kappa shape index (κ1) is 20.6. The van der Waals surface area contributed by atoms with Crippen LogP contribution in [0.1, 0.15) is 31.4 Å². The molecule has 0 fully saturated rings. The van der Waals surface area contributed by atoms with Gasteiger partial charge in [-0.2, -0.15) is 0 Å². The Morgan fingerprint density at radius 2 is 1.85 bits per heavy atom. The predicted octanol–water partition coefficient (Wildman–Crippen LogP) is 4.98. The zero-order valence-corrected chi connectivity index (χ0v) is 17.4. The maximum absolute atomic E-state index is 5.83. The molecule has 0 aliphatic rings. The summed E-state index contributed by atoms with van der Waals surface area (Å²) in [6, 6.07) is 12.3. The van der Waals surface area contributed by atoms with Crippen LogP contribution in [0.2, 0.25) is 0 Å². The molecular weight excluding hydrogens is 394 g/mol. The smallest absolute Gasteiger partial charge is 0.175 e. The summed E-state index contributed by atoms with van der Waals surface area (Å²) in [5, 5.41) is 3.49. The van der Waals surface area contributed by atoms with Gasteiger partial charge in [0.25, 0.3) is 0 Å². The van der Waals surface area contributed by atoms with Crippen molar-refractivity contribution in [1.82, 2.24) is 5.32 Å². The fraction of sp³-hybridized carbons (Fsp3) is 0.429. The Hall–Kier alpha value is -1.72. The van der Waals surface area contributed by atoms with Crippen LogP contribution < -0.4 is 19.5 Å². The minimum Gasteiger partial charge on any atom is -0.496 e. The number of para-hydroxylation sites is 1. The van der Waals surface area contributed by atoms with Crippen molar-refractivity contribution in [2.24, 2.45) is 0 Å². The molecule has 0 atom stereocenters. The first-order valence-electron chi connectivity index (χ1n) is 9.10. The van der Waals surface area contributed by atoms with Gasteiger partial charge in [-0.25, -0.2) is 0 Å². The first-order chi connectivity index (χ1) is 12.7. The highest BCUT2D eigenvalue weighted by molar-refractivity contribution is 9.10. The molecule has 0 aromatic heterocycles. The summed E-state index contributed by atoms with van der Waals surface area (Å²) >= 11 is 3.61. The summed E-state index contributed by atoms with van der Waals surface area (Å²) in [5.41, 5.74) is 2.37. The van der Waals surface area contributed by atoms with Crippen LogP contribution in [0.5, 0.6) is 17.2 Å². The van der Waals surface area contributed by atoms with Crippen molar-refractivity contribution in [2.75, 3.05) is 26.9 Å². The lowest BCUT2D eigenvalue weighted by molar-refractivity contribution is 0.275. The standard InChI is InChI=1S/C21H28BrNO3/c1-4-12-26-21-18(22)13-16(14-20(21)25-5-2)15-23-11-10-17-8-6-7-9-19(17)24-3/h6-9,13-14,23H,4-5,10-12,15H2,1-3H3. The number of ether oxygens (including phenoxy) is 3. The highest BCUT2D eigenvalue weighted by Gasteiger charge is 2.12. The topological polar surface area (TPSA) is 39.7 Å². The normalized spacial score (nSPS) is 10.6. The number of nitrogens with one attached hydrogen (secondary N) is 1. The Labute approximate surface area is 165 Å². The van der Waals surface area contributed by atoms with Crippen LogP contribution in [0, 0.1) is 0 Å². The van der Waals surface area contributed by atoms with E-state index in [0.29, 0.717) is 13.2 Å². The lowest BCUT2D eigenvalue weighted by Crippen LogP contribution is -2.17. The molecule has 0 bridgehead atoms. The second-order valence-corrected chi connectivity index (χ2v) is 6.78. The molecule has 4 nitrogen and oxygen atoms in total. The van der Waals surface area contributed by atoms with Gasteiger partial charge in [-0.1, -0.05) is 25.1 Å². The van der Waals surface area contributed by atoms with Gasteiger partial charge in [-0.05, 0) is 71.6 Å². The van der Waals surface area contributed by atoms with E-state index < -0.39 is 0 Å². The maximum atomic E-state index is 5.83. The van der Waals surface area contributed by atoms with E-state index >= 15 is 0 Å². The third kappa shape index (κ3) is 5.92. The zero-order chi connectivity index (χ0) is 18.8.